The molecule has 2 heteroatoms. The first-order valence-corrected chi connectivity index (χ1v) is 8.13. The van der Waals surface area contributed by atoms with Gasteiger partial charge in [-0.2, -0.15) is 0 Å². The van der Waals surface area contributed by atoms with Crippen molar-refractivity contribution >= 4 is 10.8 Å². The third kappa shape index (κ3) is 2.46. The number of benzene rings is 2. The van der Waals surface area contributed by atoms with Crippen molar-refractivity contribution in [1.29, 1.82) is 0 Å². The molecule has 2 aromatic carbocycles. The van der Waals surface area contributed by atoms with Crippen LogP contribution in [0.15, 0.2) is 79.3 Å². The monoisotopic (exact) mass is 311 g/mol. The van der Waals surface area contributed by atoms with Crippen molar-refractivity contribution in [1.82, 2.24) is 4.98 Å². The van der Waals surface area contributed by atoms with Crippen molar-refractivity contribution in [3.05, 3.63) is 84.8 Å². The van der Waals surface area contributed by atoms with E-state index >= 15 is 0 Å². The average molecular weight is 311 g/mol. The third-order valence-electron chi connectivity index (χ3n) is 4.55. The second-order valence-corrected chi connectivity index (χ2v) is 6.13. The Balaban J connectivity index is 1.97. The average Bonchev–Trinajstić information content (AvgIpc) is 2.62. The Hall–Kier alpha value is -3.00. The number of hydrogen-bond acceptors (Lipinski definition) is 1. The first-order chi connectivity index (χ1) is 11.7. The van der Waals surface area contributed by atoms with Crippen LogP contribution in [0.25, 0.3) is 33.2 Å². The van der Waals surface area contributed by atoms with Gasteiger partial charge in [-0.15, -0.1) is 0 Å². The minimum absolute atomic E-state index is 1.19. The van der Waals surface area contributed by atoms with Crippen LogP contribution in [0.4, 0.5) is 0 Å². The van der Waals surface area contributed by atoms with Crippen molar-refractivity contribution in [3.8, 4) is 22.4 Å². The normalized spacial score (nSPS) is 10.9. The van der Waals surface area contributed by atoms with Gasteiger partial charge >= 0.3 is 0 Å². The van der Waals surface area contributed by atoms with Crippen LogP contribution in [-0.4, -0.2) is 4.98 Å². The van der Waals surface area contributed by atoms with E-state index in [1.54, 1.807) is 0 Å². The van der Waals surface area contributed by atoms with Crippen LogP contribution >= 0.6 is 0 Å². The molecule has 0 bridgehead atoms. The molecular formula is C22H19N2+. The molecule has 0 unspecified atom stereocenters. The van der Waals surface area contributed by atoms with Crippen molar-refractivity contribution in [3.63, 3.8) is 0 Å². The quantitative estimate of drug-likeness (QED) is 0.490. The minimum atomic E-state index is 1.19. The predicted octanol–water partition coefficient (Wildman–Crippen LogP) is 4.70. The van der Waals surface area contributed by atoms with Gasteiger partial charge in [0.25, 0.3) is 0 Å². The molecule has 0 N–H and O–H groups in total. The molecule has 0 atom stereocenters. The van der Waals surface area contributed by atoms with Gasteiger partial charge in [0.2, 0.25) is 5.69 Å². The van der Waals surface area contributed by atoms with Crippen molar-refractivity contribution in [2.75, 3.05) is 0 Å². The first-order valence-electron chi connectivity index (χ1n) is 8.13. The molecule has 0 aliphatic rings. The van der Waals surface area contributed by atoms with Crippen LogP contribution in [0.3, 0.4) is 0 Å². The number of aromatic nitrogens is 2. The van der Waals surface area contributed by atoms with E-state index in [-0.39, 0.29) is 0 Å². The fourth-order valence-corrected chi connectivity index (χ4v) is 3.28. The Morgan fingerprint density at radius 2 is 1.58 bits per heavy atom. The summed E-state index contributed by atoms with van der Waals surface area (Å²) in [5, 5.41) is 2.50. The van der Waals surface area contributed by atoms with Gasteiger partial charge < -0.3 is 0 Å². The summed E-state index contributed by atoms with van der Waals surface area (Å²) >= 11 is 0. The van der Waals surface area contributed by atoms with Gasteiger partial charge in [-0.3, -0.25) is 4.98 Å². The topological polar surface area (TPSA) is 16.8 Å². The van der Waals surface area contributed by atoms with Crippen molar-refractivity contribution in [2.24, 2.45) is 7.05 Å². The zero-order valence-electron chi connectivity index (χ0n) is 13.9. The summed E-state index contributed by atoms with van der Waals surface area (Å²) in [6.07, 6.45) is 5.92. The third-order valence-corrected chi connectivity index (χ3v) is 4.55. The van der Waals surface area contributed by atoms with Gasteiger partial charge in [0.1, 0.15) is 7.05 Å². The lowest BCUT2D eigenvalue weighted by molar-refractivity contribution is -0.659. The molecule has 2 nitrogen and oxygen atoms in total. The summed E-state index contributed by atoms with van der Waals surface area (Å²) in [5.74, 6) is 0. The van der Waals surface area contributed by atoms with E-state index < -0.39 is 0 Å². The highest BCUT2D eigenvalue weighted by atomic mass is 14.9. The molecule has 0 saturated carbocycles. The molecule has 4 rings (SSSR count). The maximum atomic E-state index is 4.13. The standard InChI is InChI=1S/C22H19N2/c1-16-6-3-4-8-19(16)22-14-18-7-5-9-20(21(18)15-24(22)2)17-10-12-23-13-11-17/h3-15H,1-2H3/q+1. The number of nitrogens with zero attached hydrogens (tertiary/aromatic N) is 2. The number of pyridine rings is 2. The molecular weight excluding hydrogens is 292 g/mol. The maximum Gasteiger partial charge on any atom is 0.213 e. The van der Waals surface area contributed by atoms with Crippen LogP contribution in [0.2, 0.25) is 0 Å². The zero-order chi connectivity index (χ0) is 16.5. The fourth-order valence-electron chi connectivity index (χ4n) is 3.28. The highest BCUT2D eigenvalue weighted by molar-refractivity contribution is 5.96. The van der Waals surface area contributed by atoms with E-state index in [0.29, 0.717) is 0 Å². The number of fused-ring (bicyclic) bond motifs is 1. The van der Waals surface area contributed by atoms with Gasteiger partial charge in [0, 0.05) is 24.0 Å². The van der Waals surface area contributed by atoms with E-state index in [4.69, 9.17) is 0 Å². The Morgan fingerprint density at radius 1 is 0.833 bits per heavy atom. The lowest BCUT2D eigenvalue weighted by Gasteiger charge is -2.09. The highest BCUT2D eigenvalue weighted by Gasteiger charge is 2.15. The van der Waals surface area contributed by atoms with Crippen molar-refractivity contribution in [2.45, 2.75) is 6.92 Å². The van der Waals surface area contributed by atoms with E-state index in [9.17, 15) is 0 Å². The molecule has 0 spiro atoms. The van der Waals surface area contributed by atoms with Crippen LogP contribution < -0.4 is 4.57 Å². The number of rotatable bonds is 2. The molecule has 2 aromatic heterocycles. The summed E-state index contributed by atoms with van der Waals surface area (Å²) in [6, 6.07) is 21.4. The predicted molar refractivity (Wildman–Crippen MR) is 98.5 cm³/mol. The minimum Gasteiger partial charge on any atom is -0.265 e. The fraction of sp³-hybridized carbons (Fsp3) is 0.0909. The molecule has 2 heterocycles. The van der Waals surface area contributed by atoms with E-state index in [0.717, 1.165) is 0 Å². The second-order valence-electron chi connectivity index (χ2n) is 6.13. The van der Waals surface area contributed by atoms with Crippen molar-refractivity contribution < 1.29 is 4.57 Å². The summed E-state index contributed by atoms with van der Waals surface area (Å²) in [6.45, 7) is 2.16. The maximum absolute atomic E-state index is 4.13. The summed E-state index contributed by atoms with van der Waals surface area (Å²) in [5.41, 5.74) is 6.22. The van der Waals surface area contributed by atoms with Crippen LogP contribution in [-0.2, 0) is 7.05 Å². The van der Waals surface area contributed by atoms with Crippen LogP contribution in [0.1, 0.15) is 5.56 Å². The van der Waals surface area contributed by atoms with E-state index in [1.807, 2.05) is 12.4 Å². The molecule has 0 saturated heterocycles. The Labute approximate surface area is 142 Å². The Kier molecular flexibility index (Phi) is 3.58. The summed E-state index contributed by atoms with van der Waals surface area (Å²) < 4.78 is 2.22. The summed E-state index contributed by atoms with van der Waals surface area (Å²) in [7, 11) is 2.12. The van der Waals surface area contributed by atoms with Gasteiger partial charge in [-0.1, -0.05) is 36.4 Å². The molecule has 24 heavy (non-hydrogen) atoms. The van der Waals surface area contributed by atoms with Gasteiger partial charge in [0.05, 0.1) is 5.39 Å². The summed E-state index contributed by atoms with van der Waals surface area (Å²) in [4.78, 5) is 4.13. The SMILES string of the molecule is Cc1ccccc1-c1cc2cccc(-c3ccncc3)c2c[n+]1C. The number of hydrogen-bond donors (Lipinski definition) is 0. The molecule has 0 radical (unpaired) electrons. The lowest BCUT2D eigenvalue weighted by Crippen LogP contribution is -2.30. The first kappa shape index (κ1) is 14.6. The van der Waals surface area contributed by atoms with E-state index in [1.165, 1.54) is 38.7 Å². The van der Waals surface area contributed by atoms with Gasteiger partial charge in [-0.05, 0) is 47.2 Å². The molecule has 0 amide bonds. The Bertz CT molecular complexity index is 1020. The van der Waals surface area contributed by atoms with Crippen LogP contribution in [0, 0.1) is 6.92 Å². The Morgan fingerprint density at radius 3 is 2.38 bits per heavy atom. The molecule has 116 valence electrons. The number of aryl methyl sites for hydroxylation is 2. The van der Waals surface area contributed by atoms with Gasteiger partial charge in [0.15, 0.2) is 6.20 Å². The lowest BCUT2D eigenvalue weighted by atomic mass is 9.98. The largest absolute Gasteiger partial charge is 0.265 e. The van der Waals surface area contributed by atoms with Crippen LogP contribution in [0.5, 0.6) is 0 Å². The zero-order valence-corrected chi connectivity index (χ0v) is 13.9. The van der Waals surface area contributed by atoms with E-state index in [2.05, 4.69) is 90.4 Å². The molecule has 0 aliphatic heterocycles. The molecule has 0 fully saturated rings. The van der Waals surface area contributed by atoms with Gasteiger partial charge in [-0.25, -0.2) is 4.57 Å². The highest BCUT2D eigenvalue weighted by Crippen LogP contribution is 2.30. The smallest absolute Gasteiger partial charge is 0.213 e. The molecule has 4 aromatic rings. The second kappa shape index (κ2) is 5.89. The molecule has 0 aliphatic carbocycles.